The molecule has 0 radical (unpaired) electrons. The molecule has 0 saturated carbocycles. The quantitative estimate of drug-likeness (QED) is 0.676. The standard InChI is InChI=1S/C12H15NO5/c1-18-9-4-2-8(3-5-9)11(15)13-10(6-7-14)12(16)17/h2-5,10,14H,6-7H2,1H3,(H,13,15)(H,16,17). The van der Waals surface area contributed by atoms with Crippen LogP contribution in [0.3, 0.4) is 0 Å². The van der Waals surface area contributed by atoms with Crippen LogP contribution in [-0.4, -0.2) is 41.8 Å². The van der Waals surface area contributed by atoms with E-state index in [0.717, 1.165) is 0 Å². The van der Waals surface area contributed by atoms with E-state index in [1.807, 2.05) is 0 Å². The molecule has 0 aromatic heterocycles. The molecule has 1 atom stereocenters. The predicted octanol–water partition coefficient (Wildman–Crippen LogP) is 0.261. The summed E-state index contributed by atoms with van der Waals surface area (Å²) in [6.07, 6.45) is -0.0305. The molecule has 0 aliphatic heterocycles. The molecule has 0 aliphatic rings. The smallest absolute Gasteiger partial charge is 0.326 e. The van der Waals surface area contributed by atoms with Crippen molar-refractivity contribution in [2.75, 3.05) is 13.7 Å². The molecule has 1 aromatic carbocycles. The van der Waals surface area contributed by atoms with Crippen LogP contribution >= 0.6 is 0 Å². The number of aliphatic carboxylic acids is 1. The Morgan fingerprint density at radius 1 is 1.33 bits per heavy atom. The summed E-state index contributed by atoms with van der Waals surface area (Å²) in [6.45, 7) is -0.306. The molecule has 3 N–H and O–H groups in total. The van der Waals surface area contributed by atoms with Gasteiger partial charge in [0.1, 0.15) is 11.8 Å². The Labute approximate surface area is 104 Å². The number of nitrogens with one attached hydrogen (secondary N) is 1. The number of carboxylic acid groups (broad SMARTS) is 1. The van der Waals surface area contributed by atoms with Crippen LogP contribution in [0.5, 0.6) is 5.75 Å². The maximum atomic E-state index is 11.7. The third kappa shape index (κ3) is 3.74. The van der Waals surface area contributed by atoms with Gasteiger partial charge < -0.3 is 20.3 Å². The summed E-state index contributed by atoms with van der Waals surface area (Å²) in [7, 11) is 1.51. The number of ether oxygens (including phenoxy) is 1. The van der Waals surface area contributed by atoms with E-state index in [1.165, 1.54) is 19.2 Å². The van der Waals surface area contributed by atoms with Crippen LogP contribution in [0, 0.1) is 0 Å². The second-order valence-corrected chi connectivity index (χ2v) is 3.61. The molecule has 18 heavy (non-hydrogen) atoms. The van der Waals surface area contributed by atoms with Gasteiger partial charge in [-0.3, -0.25) is 4.79 Å². The van der Waals surface area contributed by atoms with Crippen molar-refractivity contribution in [3.63, 3.8) is 0 Å². The molecule has 6 nitrogen and oxygen atoms in total. The first-order valence-electron chi connectivity index (χ1n) is 5.37. The number of amides is 1. The number of rotatable bonds is 6. The van der Waals surface area contributed by atoms with Gasteiger partial charge in [-0.2, -0.15) is 0 Å². The van der Waals surface area contributed by atoms with Gasteiger partial charge in [-0.1, -0.05) is 0 Å². The fourth-order valence-corrected chi connectivity index (χ4v) is 1.37. The van der Waals surface area contributed by atoms with E-state index in [0.29, 0.717) is 11.3 Å². The van der Waals surface area contributed by atoms with E-state index in [9.17, 15) is 9.59 Å². The maximum Gasteiger partial charge on any atom is 0.326 e. The van der Waals surface area contributed by atoms with Crippen LogP contribution in [-0.2, 0) is 4.79 Å². The second kappa shape index (κ2) is 6.61. The molecule has 1 unspecified atom stereocenters. The van der Waals surface area contributed by atoms with Crippen molar-refractivity contribution in [1.29, 1.82) is 0 Å². The number of hydrogen-bond acceptors (Lipinski definition) is 4. The lowest BCUT2D eigenvalue weighted by Gasteiger charge is -2.13. The molecular weight excluding hydrogens is 238 g/mol. The molecule has 1 rings (SSSR count). The zero-order valence-electron chi connectivity index (χ0n) is 9.92. The van der Waals surface area contributed by atoms with Gasteiger partial charge in [0.15, 0.2) is 0 Å². The summed E-state index contributed by atoms with van der Waals surface area (Å²) in [5, 5.41) is 19.9. The summed E-state index contributed by atoms with van der Waals surface area (Å²) in [4.78, 5) is 22.5. The summed E-state index contributed by atoms with van der Waals surface area (Å²) in [5.74, 6) is -1.07. The van der Waals surface area contributed by atoms with E-state index in [2.05, 4.69) is 5.32 Å². The van der Waals surface area contributed by atoms with Crippen molar-refractivity contribution in [3.8, 4) is 5.75 Å². The summed E-state index contributed by atoms with van der Waals surface area (Å²) < 4.78 is 4.95. The summed E-state index contributed by atoms with van der Waals surface area (Å²) in [6, 6.07) is 5.19. The molecule has 1 aromatic rings. The van der Waals surface area contributed by atoms with Crippen LogP contribution in [0.4, 0.5) is 0 Å². The molecule has 1 amide bonds. The molecule has 0 aliphatic carbocycles. The highest BCUT2D eigenvalue weighted by Crippen LogP contribution is 2.11. The van der Waals surface area contributed by atoms with Crippen molar-refractivity contribution in [2.24, 2.45) is 0 Å². The Morgan fingerprint density at radius 2 is 1.94 bits per heavy atom. The summed E-state index contributed by atoms with van der Waals surface area (Å²) >= 11 is 0. The first-order chi connectivity index (χ1) is 8.58. The van der Waals surface area contributed by atoms with Crippen LogP contribution in [0.15, 0.2) is 24.3 Å². The number of methoxy groups -OCH3 is 1. The van der Waals surface area contributed by atoms with Crippen LogP contribution in [0.2, 0.25) is 0 Å². The Balaban J connectivity index is 2.70. The first-order valence-corrected chi connectivity index (χ1v) is 5.37. The van der Waals surface area contributed by atoms with Gasteiger partial charge in [-0.05, 0) is 24.3 Å². The van der Waals surface area contributed by atoms with Gasteiger partial charge in [0.25, 0.3) is 5.91 Å². The van der Waals surface area contributed by atoms with E-state index >= 15 is 0 Å². The molecule has 0 spiro atoms. The highest BCUT2D eigenvalue weighted by Gasteiger charge is 2.19. The van der Waals surface area contributed by atoms with E-state index in [1.54, 1.807) is 12.1 Å². The van der Waals surface area contributed by atoms with E-state index in [-0.39, 0.29) is 13.0 Å². The molecule has 6 heteroatoms. The Kier molecular flexibility index (Phi) is 5.13. The van der Waals surface area contributed by atoms with E-state index in [4.69, 9.17) is 14.9 Å². The number of aliphatic hydroxyl groups excluding tert-OH is 1. The second-order valence-electron chi connectivity index (χ2n) is 3.61. The van der Waals surface area contributed by atoms with Crippen molar-refractivity contribution >= 4 is 11.9 Å². The zero-order valence-corrected chi connectivity index (χ0v) is 9.92. The first kappa shape index (κ1) is 14.0. The van der Waals surface area contributed by atoms with Crippen molar-refractivity contribution in [1.82, 2.24) is 5.32 Å². The third-order valence-corrected chi connectivity index (χ3v) is 2.37. The third-order valence-electron chi connectivity index (χ3n) is 2.37. The van der Waals surface area contributed by atoms with Gasteiger partial charge >= 0.3 is 5.97 Å². The zero-order chi connectivity index (χ0) is 13.5. The lowest BCUT2D eigenvalue weighted by molar-refractivity contribution is -0.139. The number of carboxylic acids is 1. The van der Waals surface area contributed by atoms with Crippen LogP contribution in [0.25, 0.3) is 0 Å². The fraction of sp³-hybridized carbons (Fsp3) is 0.333. The maximum absolute atomic E-state index is 11.7. The van der Waals surface area contributed by atoms with Crippen molar-refractivity contribution in [3.05, 3.63) is 29.8 Å². The lowest BCUT2D eigenvalue weighted by Crippen LogP contribution is -2.41. The topological polar surface area (TPSA) is 95.9 Å². The van der Waals surface area contributed by atoms with Crippen molar-refractivity contribution in [2.45, 2.75) is 12.5 Å². The molecule has 98 valence electrons. The lowest BCUT2D eigenvalue weighted by atomic mass is 10.1. The van der Waals surface area contributed by atoms with Crippen LogP contribution < -0.4 is 10.1 Å². The molecule has 0 saturated heterocycles. The highest BCUT2D eigenvalue weighted by atomic mass is 16.5. The minimum atomic E-state index is -1.18. The Hall–Kier alpha value is -2.08. The molecule has 0 bridgehead atoms. The largest absolute Gasteiger partial charge is 0.497 e. The minimum Gasteiger partial charge on any atom is -0.497 e. The molecule has 0 fully saturated rings. The number of hydrogen-bond donors (Lipinski definition) is 3. The average molecular weight is 253 g/mol. The Bertz CT molecular complexity index is 415. The highest BCUT2D eigenvalue weighted by molar-refractivity contribution is 5.96. The predicted molar refractivity (Wildman–Crippen MR) is 63.6 cm³/mol. The normalized spacial score (nSPS) is 11.7. The Morgan fingerprint density at radius 3 is 2.39 bits per heavy atom. The minimum absolute atomic E-state index is 0.0305. The number of carbonyl (C=O) groups excluding carboxylic acids is 1. The molecular formula is C12H15NO5. The fourth-order valence-electron chi connectivity index (χ4n) is 1.37. The van der Waals surface area contributed by atoms with Gasteiger partial charge in [-0.15, -0.1) is 0 Å². The van der Waals surface area contributed by atoms with Gasteiger partial charge in [0.05, 0.1) is 7.11 Å². The van der Waals surface area contributed by atoms with Gasteiger partial charge in [0, 0.05) is 18.6 Å². The average Bonchev–Trinajstić information content (AvgIpc) is 2.38. The van der Waals surface area contributed by atoms with Crippen LogP contribution in [0.1, 0.15) is 16.8 Å². The monoisotopic (exact) mass is 253 g/mol. The summed E-state index contributed by atoms with van der Waals surface area (Å²) in [5.41, 5.74) is 0.333. The molecule has 0 heterocycles. The number of benzene rings is 1. The van der Waals surface area contributed by atoms with E-state index < -0.39 is 17.9 Å². The SMILES string of the molecule is COc1ccc(C(=O)NC(CCO)C(=O)O)cc1. The number of carbonyl (C=O) groups is 2. The van der Waals surface area contributed by atoms with Crippen molar-refractivity contribution < 1.29 is 24.5 Å². The van der Waals surface area contributed by atoms with Gasteiger partial charge in [0.2, 0.25) is 0 Å². The van der Waals surface area contributed by atoms with Gasteiger partial charge in [-0.25, -0.2) is 4.79 Å². The number of aliphatic hydroxyl groups is 1.